The normalized spacial score (nSPS) is 12.2. The number of anilines is 2. The van der Waals surface area contributed by atoms with Crippen molar-refractivity contribution in [2.45, 2.75) is 44.8 Å². The van der Waals surface area contributed by atoms with Crippen LogP contribution < -0.4 is 27.2 Å². The number of benzene rings is 1. The van der Waals surface area contributed by atoms with Crippen LogP contribution >= 0.6 is 0 Å². The van der Waals surface area contributed by atoms with Gasteiger partial charge in [0.15, 0.2) is 11.2 Å². The van der Waals surface area contributed by atoms with Crippen LogP contribution in [0.2, 0.25) is 0 Å². The van der Waals surface area contributed by atoms with Crippen LogP contribution in [0.25, 0.3) is 11.2 Å². The van der Waals surface area contributed by atoms with Crippen LogP contribution in [0, 0.1) is 12.3 Å². The molecule has 13 heteroatoms. The van der Waals surface area contributed by atoms with E-state index in [0.717, 1.165) is 0 Å². The van der Waals surface area contributed by atoms with E-state index in [2.05, 4.69) is 41.8 Å². The minimum Gasteiger partial charge on any atom is -0.480 e. The first-order chi connectivity index (χ1) is 17.7. The molecule has 0 saturated carbocycles. The summed E-state index contributed by atoms with van der Waals surface area (Å²) in [6, 6.07) is 4.85. The number of aromatic amines is 1. The smallest absolute Gasteiger partial charge is 0.326 e. The Labute approximate surface area is 211 Å². The molecule has 2 heterocycles. The zero-order chi connectivity index (χ0) is 26.9. The number of aromatic nitrogens is 4. The number of carbonyl (C=O) groups is 3. The van der Waals surface area contributed by atoms with Gasteiger partial charge in [-0.05, 0) is 37.6 Å². The Morgan fingerprint density at radius 3 is 2.59 bits per heavy atom. The van der Waals surface area contributed by atoms with E-state index < -0.39 is 23.5 Å². The molecule has 0 unspecified atom stereocenters. The zero-order valence-electron chi connectivity index (χ0n) is 19.9. The Morgan fingerprint density at radius 2 is 1.92 bits per heavy atom. The van der Waals surface area contributed by atoms with E-state index in [1.54, 1.807) is 19.1 Å². The fourth-order valence-corrected chi connectivity index (χ4v) is 3.34. The van der Waals surface area contributed by atoms with Crippen molar-refractivity contribution in [1.29, 1.82) is 0 Å². The molecule has 7 N–H and O–H groups in total. The second-order valence-electron chi connectivity index (χ2n) is 8.20. The van der Waals surface area contributed by atoms with E-state index in [9.17, 15) is 24.3 Å². The van der Waals surface area contributed by atoms with Gasteiger partial charge in [0.1, 0.15) is 6.04 Å². The van der Waals surface area contributed by atoms with Gasteiger partial charge in [-0.2, -0.15) is 4.98 Å². The number of nitrogens with two attached hydrogens (primary N) is 1. The van der Waals surface area contributed by atoms with E-state index in [0.29, 0.717) is 17.8 Å². The molecule has 0 aliphatic carbocycles. The minimum atomic E-state index is -1.25. The lowest BCUT2D eigenvalue weighted by molar-refractivity contribution is -0.139. The van der Waals surface area contributed by atoms with Crippen LogP contribution in [0.4, 0.5) is 11.6 Å². The number of nitrogens with zero attached hydrogens (tertiary/aromatic N) is 3. The number of carbonyl (C=O) groups excluding carboxylic acids is 2. The predicted octanol–water partition coefficient (Wildman–Crippen LogP) is 0.399. The van der Waals surface area contributed by atoms with Crippen molar-refractivity contribution < 1.29 is 19.5 Å². The van der Waals surface area contributed by atoms with Gasteiger partial charge in [0.25, 0.3) is 11.5 Å². The SMILES string of the molecule is C#CC[C@@H](C)NC(=O)CC[C@H](NC(=O)c1ccc(NCc2cnc3nc(N)[nH]c(=O)c3n2)cc1)C(=O)O. The van der Waals surface area contributed by atoms with Crippen LogP contribution in [-0.4, -0.2) is 54.9 Å². The number of fused-ring (bicyclic) bond motifs is 1. The maximum absolute atomic E-state index is 12.6. The molecule has 0 spiro atoms. The number of H-pyrrole nitrogens is 1. The van der Waals surface area contributed by atoms with E-state index in [4.69, 9.17) is 12.2 Å². The van der Waals surface area contributed by atoms with Crippen molar-refractivity contribution in [2.75, 3.05) is 11.1 Å². The van der Waals surface area contributed by atoms with Gasteiger partial charge in [-0.1, -0.05) is 0 Å². The predicted molar refractivity (Wildman–Crippen MR) is 135 cm³/mol. The molecule has 192 valence electrons. The van der Waals surface area contributed by atoms with Crippen LogP contribution in [0.1, 0.15) is 42.2 Å². The number of terminal acetylenes is 1. The minimum absolute atomic E-state index is 0.0484. The lowest BCUT2D eigenvalue weighted by Gasteiger charge is -2.16. The van der Waals surface area contributed by atoms with Gasteiger partial charge in [-0.15, -0.1) is 12.3 Å². The summed E-state index contributed by atoms with van der Waals surface area (Å²) in [5.74, 6) is 0.202. The summed E-state index contributed by atoms with van der Waals surface area (Å²) in [5.41, 5.74) is 6.57. The standard InChI is InChI=1S/C24H26N8O5/c1-3-4-13(2)28-18(33)10-9-17(23(36)37)30-21(34)14-5-7-15(8-6-14)26-11-16-12-27-20-19(29-16)22(35)32-24(25)31-20/h1,5-8,12-13,17,26H,4,9-11H2,2H3,(H,28,33)(H,30,34)(H,36,37)(H3,25,27,31,32,35)/t13-,17+/m1/s1. The summed E-state index contributed by atoms with van der Waals surface area (Å²) in [4.78, 5) is 62.7. The maximum atomic E-state index is 12.6. The molecule has 0 bridgehead atoms. The quantitative estimate of drug-likeness (QED) is 0.197. The number of nitrogen functional groups attached to an aromatic ring is 1. The lowest BCUT2D eigenvalue weighted by atomic mass is 10.1. The number of hydrogen-bond donors (Lipinski definition) is 6. The molecule has 0 saturated heterocycles. The topological polar surface area (TPSA) is 205 Å². The van der Waals surface area contributed by atoms with Crippen molar-refractivity contribution in [3.05, 3.63) is 52.1 Å². The van der Waals surface area contributed by atoms with Crippen molar-refractivity contribution in [3.63, 3.8) is 0 Å². The molecular weight excluding hydrogens is 480 g/mol. The number of hydrogen-bond acceptors (Lipinski definition) is 9. The highest BCUT2D eigenvalue weighted by molar-refractivity contribution is 5.97. The molecule has 0 aliphatic heterocycles. The third kappa shape index (κ3) is 7.49. The summed E-state index contributed by atoms with van der Waals surface area (Å²) in [5, 5.41) is 17.6. The summed E-state index contributed by atoms with van der Waals surface area (Å²) in [6.07, 6.45) is 6.87. The number of rotatable bonds is 11. The van der Waals surface area contributed by atoms with Crippen molar-refractivity contribution >= 4 is 40.6 Å². The van der Waals surface area contributed by atoms with Gasteiger partial charge in [-0.3, -0.25) is 19.4 Å². The number of carboxylic acid groups (broad SMARTS) is 1. The van der Waals surface area contributed by atoms with Crippen LogP contribution in [0.5, 0.6) is 0 Å². The van der Waals surface area contributed by atoms with Gasteiger partial charge in [0.05, 0.1) is 18.4 Å². The largest absolute Gasteiger partial charge is 0.480 e. The Bertz CT molecular complexity index is 1400. The van der Waals surface area contributed by atoms with Gasteiger partial charge in [0.2, 0.25) is 11.9 Å². The average molecular weight is 507 g/mol. The van der Waals surface area contributed by atoms with Crippen LogP contribution in [0.3, 0.4) is 0 Å². The number of carboxylic acids is 1. The van der Waals surface area contributed by atoms with Gasteiger partial charge in [0, 0.05) is 30.1 Å². The first-order valence-corrected chi connectivity index (χ1v) is 11.3. The zero-order valence-corrected chi connectivity index (χ0v) is 19.9. The van der Waals surface area contributed by atoms with E-state index in [1.165, 1.54) is 18.3 Å². The number of amides is 2. The molecule has 2 aromatic heterocycles. The molecule has 3 rings (SSSR count). The second kappa shape index (κ2) is 12.1. The van der Waals surface area contributed by atoms with Gasteiger partial charge >= 0.3 is 5.97 Å². The van der Waals surface area contributed by atoms with Crippen molar-refractivity contribution in [1.82, 2.24) is 30.6 Å². The molecule has 0 radical (unpaired) electrons. The molecule has 1 aromatic carbocycles. The summed E-state index contributed by atoms with van der Waals surface area (Å²) >= 11 is 0. The van der Waals surface area contributed by atoms with Gasteiger partial charge in [-0.25, -0.2) is 14.8 Å². The Morgan fingerprint density at radius 1 is 1.19 bits per heavy atom. The Hall–Kier alpha value is -4.99. The van der Waals surface area contributed by atoms with Crippen LogP contribution in [-0.2, 0) is 16.1 Å². The molecule has 0 aliphatic rings. The summed E-state index contributed by atoms with van der Waals surface area (Å²) in [6.45, 7) is 1.98. The first-order valence-electron chi connectivity index (χ1n) is 11.3. The number of aliphatic carboxylic acids is 1. The first kappa shape index (κ1) is 26.6. The van der Waals surface area contributed by atoms with Gasteiger partial charge < -0.3 is 26.8 Å². The van der Waals surface area contributed by atoms with E-state index in [-0.39, 0.29) is 54.0 Å². The lowest BCUT2D eigenvalue weighted by Crippen LogP contribution is -2.42. The highest BCUT2D eigenvalue weighted by Crippen LogP contribution is 2.12. The van der Waals surface area contributed by atoms with Crippen molar-refractivity contribution in [3.8, 4) is 12.3 Å². The fraction of sp³-hybridized carbons (Fsp3) is 0.292. The third-order valence-electron chi connectivity index (χ3n) is 5.20. The highest BCUT2D eigenvalue weighted by atomic mass is 16.4. The van der Waals surface area contributed by atoms with E-state index >= 15 is 0 Å². The Kier molecular flexibility index (Phi) is 8.71. The van der Waals surface area contributed by atoms with Crippen molar-refractivity contribution in [2.24, 2.45) is 0 Å². The molecule has 37 heavy (non-hydrogen) atoms. The summed E-state index contributed by atoms with van der Waals surface area (Å²) in [7, 11) is 0. The van der Waals surface area contributed by atoms with Crippen LogP contribution in [0.15, 0.2) is 35.3 Å². The fourth-order valence-electron chi connectivity index (χ4n) is 3.34. The molecular formula is C24H26N8O5. The number of nitrogens with one attached hydrogen (secondary N) is 4. The Balaban J connectivity index is 1.55. The monoisotopic (exact) mass is 506 g/mol. The molecule has 2 amide bonds. The molecule has 13 nitrogen and oxygen atoms in total. The molecule has 2 atom stereocenters. The maximum Gasteiger partial charge on any atom is 0.326 e. The van der Waals surface area contributed by atoms with E-state index in [1.807, 2.05) is 0 Å². The molecule has 3 aromatic rings. The average Bonchev–Trinajstić information content (AvgIpc) is 2.85. The molecule has 0 fully saturated rings. The summed E-state index contributed by atoms with van der Waals surface area (Å²) < 4.78 is 0. The highest BCUT2D eigenvalue weighted by Gasteiger charge is 2.22. The second-order valence-corrected chi connectivity index (χ2v) is 8.20. The third-order valence-corrected chi connectivity index (χ3v) is 5.20.